The minimum absolute atomic E-state index is 0.134. The summed E-state index contributed by atoms with van der Waals surface area (Å²) in [5.41, 5.74) is 2.90. The molecular formula is C16H17FIN. The Morgan fingerprint density at radius 3 is 2.47 bits per heavy atom. The van der Waals surface area contributed by atoms with E-state index in [0.29, 0.717) is 5.56 Å². The van der Waals surface area contributed by atoms with Crippen LogP contribution in [0.3, 0.4) is 0 Å². The number of hydrogen-bond acceptors (Lipinski definition) is 1. The van der Waals surface area contributed by atoms with Crippen LogP contribution in [-0.2, 0) is 6.54 Å². The lowest BCUT2D eigenvalue weighted by Crippen LogP contribution is -2.18. The molecule has 0 fully saturated rings. The van der Waals surface area contributed by atoms with E-state index in [4.69, 9.17) is 0 Å². The first-order valence-electron chi connectivity index (χ1n) is 6.30. The highest BCUT2D eigenvalue weighted by molar-refractivity contribution is 14.1. The minimum atomic E-state index is -0.139. The Kier molecular flexibility index (Phi) is 4.93. The van der Waals surface area contributed by atoms with Crippen LogP contribution in [0.15, 0.2) is 42.5 Å². The van der Waals surface area contributed by atoms with Crippen molar-refractivity contribution in [2.24, 2.45) is 0 Å². The molecule has 0 aromatic heterocycles. The molecule has 0 heterocycles. The first kappa shape index (κ1) is 14.5. The van der Waals surface area contributed by atoms with Gasteiger partial charge >= 0.3 is 0 Å². The second-order valence-corrected chi connectivity index (χ2v) is 5.98. The SMILES string of the molecule is Cc1ccc(C(C)NCc2ccc(I)cc2)cc1F. The first-order valence-corrected chi connectivity index (χ1v) is 7.38. The van der Waals surface area contributed by atoms with Gasteiger partial charge in [0, 0.05) is 16.2 Å². The van der Waals surface area contributed by atoms with E-state index >= 15 is 0 Å². The Hall–Kier alpha value is -0.940. The normalized spacial score (nSPS) is 12.4. The summed E-state index contributed by atoms with van der Waals surface area (Å²) in [6.07, 6.45) is 0. The predicted octanol–water partition coefficient (Wildman–Crippen LogP) is 4.59. The minimum Gasteiger partial charge on any atom is -0.306 e. The third-order valence-electron chi connectivity index (χ3n) is 3.22. The summed E-state index contributed by atoms with van der Waals surface area (Å²) >= 11 is 2.29. The summed E-state index contributed by atoms with van der Waals surface area (Å²) in [7, 11) is 0. The molecule has 0 saturated heterocycles. The van der Waals surface area contributed by atoms with Crippen molar-refractivity contribution < 1.29 is 4.39 Å². The fraction of sp³-hybridized carbons (Fsp3) is 0.250. The van der Waals surface area contributed by atoms with Crippen molar-refractivity contribution >= 4 is 22.6 Å². The van der Waals surface area contributed by atoms with Crippen LogP contribution in [0.2, 0.25) is 0 Å². The topological polar surface area (TPSA) is 12.0 Å². The van der Waals surface area contributed by atoms with E-state index in [1.54, 1.807) is 13.0 Å². The Labute approximate surface area is 127 Å². The molecule has 19 heavy (non-hydrogen) atoms. The molecule has 0 amide bonds. The summed E-state index contributed by atoms with van der Waals surface area (Å²) < 4.78 is 14.8. The van der Waals surface area contributed by atoms with Crippen molar-refractivity contribution in [1.29, 1.82) is 0 Å². The fourth-order valence-electron chi connectivity index (χ4n) is 1.87. The standard InChI is InChI=1S/C16H17FIN/c1-11-3-6-14(9-16(11)17)12(2)19-10-13-4-7-15(18)8-5-13/h3-9,12,19H,10H2,1-2H3. The van der Waals surface area contributed by atoms with E-state index in [-0.39, 0.29) is 11.9 Å². The van der Waals surface area contributed by atoms with Gasteiger partial charge in [-0.25, -0.2) is 4.39 Å². The van der Waals surface area contributed by atoms with Gasteiger partial charge in [-0.05, 0) is 71.3 Å². The molecule has 0 aliphatic rings. The van der Waals surface area contributed by atoms with Crippen LogP contribution in [0.5, 0.6) is 0 Å². The van der Waals surface area contributed by atoms with Gasteiger partial charge in [0.15, 0.2) is 0 Å². The average Bonchev–Trinajstić information content (AvgIpc) is 2.41. The van der Waals surface area contributed by atoms with Crippen molar-refractivity contribution in [3.63, 3.8) is 0 Å². The molecule has 0 radical (unpaired) electrons. The molecular weight excluding hydrogens is 352 g/mol. The summed E-state index contributed by atoms with van der Waals surface area (Å²) in [5, 5.41) is 3.41. The van der Waals surface area contributed by atoms with Gasteiger partial charge in [0.05, 0.1) is 0 Å². The van der Waals surface area contributed by atoms with Gasteiger partial charge in [-0.1, -0.05) is 24.3 Å². The lowest BCUT2D eigenvalue weighted by Gasteiger charge is -2.15. The quantitative estimate of drug-likeness (QED) is 0.778. The smallest absolute Gasteiger partial charge is 0.126 e. The maximum atomic E-state index is 13.5. The Balaban J connectivity index is 1.98. The summed E-state index contributed by atoms with van der Waals surface area (Å²) in [6.45, 7) is 4.62. The van der Waals surface area contributed by atoms with Gasteiger partial charge < -0.3 is 5.32 Å². The maximum Gasteiger partial charge on any atom is 0.126 e. The molecule has 0 saturated carbocycles. The molecule has 100 valence electrons. The third kappa shape index (κ3) is 4.01. The zero-order valence-electron chi connectivity index (χ0n) is 11.1. The van der Waals surface area contributed by atoms with E-state index in [2.05, 4.69) is 59.1 Å². The number of rotatable bonds is 4. The van der Waals surface area contributed by atoms with E-state index in [0.717, 1.165) is 12.1 Å². The van der Waals surface area contributed by atoms with Crippen molar-refractivity contribution in [2.75, 3.05) is 0 Å². The Morgan fingerprint density at radius 1 is 1.16 bits per heavy atom. The predicted molar refractivity (Wildman–Crippen MR) is 85.6 cm³/mol. The maximum absolute atomic E-state index is 13.5. The molecule has 0 aliphatic carbocycles. The average molecular weight is 369 g/mol. The molecule has 2 aromatic rings. The lowest BCUT2D eigenvalue weighted by atomic mass is 10.1. The summed E-state index contributed by atoms with van der Waals surface area (Å²) in [5.74, 6) is -0.139. The second kappa shape index (κ2) is 6.48. The van der Waals surface area contributed by atoms with E-state index in [1.165, 1.54) is 9.13 Å². The van der Waals surface area contributed by atoms with Crippen LogP contribution >= 0.6 is 22.6 Å². The van der Waals surface area contributed by atoms with Crippen LogP contribution in [0, 0.1) is 16.3 Å². The van der Waals surface area contributed by atoms with Crippen LogP contribution in [-0.4, -0.2) is 0 Å². The molecule has 1 atom stereocenters. The Bertz CT molecular complexity index is 551. The van der Waals surface area contributed by atoms with Crippen LogP contribution in [0.25, 0.3) is 0 Å². The van der Waals surface area contributed by atoms with E-state index in [9.17, 15) is 4.39 Å². The number of nitrogens with one attached hydrogen (secondary N) is 1. The molecule has 1 nitrogen and oxygen atoms in total. The number of hydrogen-bond donors (Lipinski definition) is 1. The largest absolute Gasteiger partial charge is 0.306 e. The lowest BCUT2D eigenvalue weighted by molar-refractivity contribution is 0.563. The molecule has 2 rings (SSSR count). The van der Waals surface area contributed by atoms with E-state index < -0.39 is 0 Å². The summed E-state index contributed by atoms with van der Waals surface area (Å²) in [4.78, 5) is 0. The van der Waals surface area contributed by atoms with Gasteiger partial charge in [0.2, 0.25) is 0 Å². The van der Waals surface area contributed by atoms with Gasteiger partial charge in [0.1, 0.15) is 5.82 Å². The van der Waals surface area contributed by atoms with Gasteiger partial charge in [-0.15, -0.1) is 0 Å². The zero-order valence-corrected chi connectivity index (χ0v) is 13.2. The monoisotopic (exact) mass is 369 g/mol. The third-order valence-corrected chi connectivity index (χ3v) is 3.94. The highest BCUT2D eigenvalue weighted by Crippen LogP contribution is 2.17. The van der Waals surface area contributed by atoms with Gasteiger partial charge in [0.25, 0.3) is 0 Å². The summed E-state index contributed by atoms with van der Waals surface area (Å²) in [6, 6.07) is 13.9. The molecule has 0 aliphatic heterocycles. The van der Waals surface area contributed by atoms with Crippen molar-refractivity contribution in [2.45, 2.75) is 26.4 Å². The van der Waals surface area contributed by atoms with Gasteiger partial charge in [-0.2, -0.15) is 0 Å². The zero-order chi connectivity index (χ0) is 13.8. The number of benzene rings is 2. The molecule has 1 N–H and O–H groups in total. The number of halogens is 2. The van der Waals surface area contributed by atoms with Crippen LogP contribution < -0.4 is 5.32 Å². The first-order chi connectivity index (χ1) is 9.06. The highest BCUT2D eigenvalue weighted by Gasteiger charge is 2.07. The van der Waals surface area contributed by atoms with Crippen LogP contribution in [0.1, 0.15) is 29.7 Å². The second-order valence-electron chi connectivity index (χ2n) is 4.74. The van der Waals surface area contributed by atoms with E-state index in [1.807, 2.05) is 12.1 Å². The van der Waals surface area contributed by atoms with Gasteiger partial charge in [-0.3, -0.25) is 0 Å². The van der Waals surface area contributed by atoms with Crippen molar-refractivity contribution in [3.8, 4) is 0 Å². The molecule has 3 heteroatoms. The highest BCUT2D eigenvalue weighted by atomic mass is 127. The molecule has 0 bridgehead atoms. The molecule has 1 unspecified atom stereocenters. The fourth-order valence-corrected chi connectivity index (χ4v) is 2.23. The van der Waals surface area contributed by atoms with Crippen molar-refractivity contribution in [1.82, 2.24) is 5.32 Å². The molecule has 2 aromatic carbocycles. The molecule has 0 spiro atoms. The van der Waals surface area contributed by atoms with Crippen LogP contribution in [0.4, 0.5) is 4.39 Å². The Morgan fingerprint density at radius 2 is 1.84 bits per heavy atom. The number of aryl methyl sites for hydroxylation is 1. The van der Waals surface area contributed by atoms with Crippen molar-refractivity contribution in [3.05, 3.63) is 68.5 Å².